The van der Waals surface area contributed by atoms with Gasteiger partial charge >= 0.3 is 0 Å². The summed E-state index contributed by atoms with van der Waals surface area (Å²) in [6.07, 6.45) is 0. The lowest BCUT2D eigenvalue weighted by Gasteiger charge is -2.19. The van der Waals surface area contributed by atoms with Gasteiger partial charge in [-0.1, -0.05) is 60.6 Å². The van der Waals surface area contributed by atoms with E-state index in [4.69, 9.17) is 0 Å². The number of hydrogen-bond donors (Lipinski definition) is 0. The predicted molar refractivity (Wildman–Crippen MR) is 83.4 cm³/mol. The van der Waals surface area contributed by atoms with E-state index in [0.717, 1.165) is 4.47 Å². The van der Waals surface area contributed by atoms with Gasteiger partial charge in [-0.3, -0.25) is 0 Å². The molecule has 94 valence electrons. The molecule has 0 bridgehead atoms. The highest BCUT2D eigenvalue weighted by Gasteiger charge is 2.12. The third kappa shape index (κ3) is 3.63. The molecule has 0 aliphatic heterocycles. The maximum Gasteiger partial charge on any atom is 0.0176 e. The Labute approximate surface area is 122 Å². The standard InChI is InChI=1S/C16H17BrS/c1-16(2,3)12-4-8-14(9-5-12)18-15-10-6-13(17)7-11-15/h4-11H,1-3H3. The van der Waals surface area contributed by atoms with Gasteiger partial charge in [0, 0.05) is 14.3 Å². The summed E-state index contributed by atoms with van der Waals surface area (Å²) in [7, 11) is 0. The second-order valence-corrected chi connectivity index (χ2v) is 7.39. The monoisotopic (exact) mass is 320 g/mol. The average molecular weight is 321 g/mol. The van der Waals surface area contributed by atoms with Crippen molar-refractivity contribution in [3.8, 4) is 0 Å². The second kappa shape index (κ2) is 5.50. The van der Waals surface area contributed by atoms with Crippen molar-refractivity contribution >= 4 is 27.7 Å². The first kappa shape index (κ1) is 13.7. The summed E-state index contributed by atoms with van der Waals surface area (Å²) in [6, 6.07) is 17.3. The minimum atomic E-state index is 0.223. The Morgan fingerprint density at radius 1 is 0.778 bits per heavy atom. The molecule has 0 fully saturated rings. The van der Waals surface area contributed by atoms with E-state index in [-0.39, 0.29) is 5.41 Å². The van der Waals surface area contributed by atoms with Gasteiger partial charge in [0.15, 0.2) is 0 Å². The first-order valence-electron chi connectivity index (χ1n) is 5.99. The van der Waals surface area contributed by atoms with Crippen molar-refractivity contribution in [3.05, 3.63) is 58.6 Å². The zero-order chi connectivity index (χ0) is 13.2. The van der Waals surface area contributed by atoms with Gasteiger partial charge in [-0.2, -0.15) is 0 Å². The summed E-state index contributed by atoms with van der Waals surface area (Å²) in [4.78, 5) is 2.55. The van der Waals surface area contributed by atoms with Gasteiger partial charge in [0.05, 0.1) is 0 Å². The highest BCUT2D eigenvalue weighted by Crippen LogP contribution is 2.30. The third-order valence-electron chi connectivity index (χ3n) is 2.77. The van der Waals surface area contributed by atoms with Crippen LogP contribution in [0.5, 0.6) is 0 Å². The molecule has 0 saturated carbocycles. The van der Waals surface area contributed by atoms with Gasteiger partial charge in [0.25, 0.3) is 0 Å². The van der Waals surface area contributed by atoms with E-state index in [1.807, 2.05) is 0 Å². The fourth-order valence-corrected chi connectivity index (χ4v) is 2.74. The molecule has 0 heterocycles. The largest absolute Gasteiger partial charge is 0.0901 e. The highest BCUT2D eigenvalue weighted by molar-refractivity contribution is 9.10. The molecular weight excluding hydrogens is 304 g/mol. The van der Waals surface area contributed by atoms with Crippen molar-refractivity contribution in [1.29, 1.82) is 0 Å². The van der Waals surface area contributed by atoms with Crippen molar-refractivity contribution in [3.63, 3.8) is 0 Å². The van der Waals surface area contributed by atoms with Crippen LogP contribution in [0.2, 0.25) is 0 Å². The quantitative estimate of drug-likeness (QED) is 0.664. The van der Waals surface area contributed by atoms with Crippen LogP contribution in [0.15, 0.2) is 62.8 Å². The van der Waals surface area contributed by atoms with E-state index in [2.05, 4.69) is 85.2 Å². The Morgan fingerprint density at radius 3 is 1.67 bits per heavy atom. The minimum Gasteiger partial charge on any atom is -0.0901 e. The third-order valence-corrected chi connectivity index (χ3v) is 4.31. The molecule has 0 aliphatic carbocycles. The maximum atomic E-state index is 3.45. The van der Waals surface area contributed by atoms with Crippen LogP contribution in [0, 0.1) is 0 Å². The Balaban J connectivity index is 2.13. The zero-order valence-electron chi connectivity index (χ0n) is 10.9. The molecule has 18 heavy (non-hydrogen) atoms. The van der Waals surface area contributed by atoms with Crippen molar-refractivity contribution < 1.29 is 0 Å². The van der Waals surface area contributed by atoms with Crippen LogP contribution in [0.3, 0.4) is 0 Å². The fourth-order valence-electron chi connectivity index (χ4n) is 1.66. The van der Waals surface area contributed by atoms with Crippen LogP contribution in [0.4, 0.5) is 0 Å². The summed E-state index contributed by atoms with van der Waals surface area (Å²) in [5, 5.41) is 0. The molecule has 0 radical (unpaired) electrons. The summed E-state index contributed by atoms with van der Waals surface area (Å²) in [5.74, 6) is 0. The van der Waals surface area contributed by atoms with E-state index >= 15 is 0 Å². The lowest BCUT2D eigenvalue weighted by Crippen LogP contribution is -2.10. The summed E-state index contributed by atoms with van der Waals surface area (Å²) >= 11 is 5.25. The molecule has 0 spiro atoms. The molecule has 0 nitrogen and oxygen atoms in total. The van der Waals surface area contributed by atoms with Crippen molar-refractivity contribution in [1.82, 2.24) is 0 Å². The Hall–Kier alpha value is -0.730. The molecule has 2 heteroatoms. The predicted octanol–water partition coefficient (Wildman–Crippen LogP) is 5.90. The molecule has 0 amide bonds. The van der Waals surface area contributed by atoms with Crippen LogP contribution in [0.1, 0.15) is 26.3 Å². The van der Waals surface area contributed by atoms with Crippen LogP contribution in [-0.2, 0) is 5.41 Å². The lowest BCUT2D eigenvalue weighted by atomic mass is 9.87. The molecule has 2 rings (SSSR count). The SMILES string of the molecule is CC(C)(C)c1ccc(Sc2ccc(Br)cc2)cc1. The first-order valence-corrected chi connectivity index (χ1v) is 7.60. The second-order valence-electron chi connectivity index (χ2n) is 5.33. The summed E-state index contributed by atoms with van der Waals surface area (Å²) in [5.41, 5.74) is 1.60. The van der Waals surface area contributed by atoms with Gasteiger partial charge in [0.1, 0.15) is 0 Å². The number of benzene rings is 2. The van der Waals surface area contributed by atoms with Gasteiger partial charge in [-0.05, 0) is 47.4 Å². The maximum absolute atomic E-state index is 3.45. The summed E-state index contributed by atoms with van der Waals surface area (Å²) < 4.78 is 1.12. The molecule has 0 atom stereocenters. The van der Waals surface area contributed by atoms with Crippen LogP contribution in [0.25, 0.3) is 0 Å². The van der Waals surface area contributed by atoms with Crippen LogP contribution >= 0.6 is 27.7 Å². The van der Waals surface area contributed by atoms with Gasteiger partial charge in [-0.25, -0.2) is 0 Å². The first-order chi connectivity index (χ1) is 8.45. The van der Waals surface area contributed by atoms with E-state index in [9.17, 15) is 0 Å². The molecule has 2 aromatic carbocycles. The fraction of sp³-hybridized carbons (Fsp3) is 0.250. The molecule has 0 aromatic heterocycles. The van der Waals surface area contributed by atoms with Crippen LogP contribution < -0.4 is 0 Å². The molecule has 0 aliphatic rings. The van der Waals surface area contributed by atoms with Crippen LogP contribution in [-0.4, -0.2) is 0 Å². The molecule has 0 N–H and O–H groups in total. The Morgan fingerprint density at radius 2 is 1.22 bits per heavy atom. The van der Waals surface area contributed by atoms with E-state index < -0.39 is 0 Å². The number of halogens is 1. The van der Waals surface area contributed by atoms with Crippen molar-refractivity contribution in [2.24, 2.45) is 0 Å². The van der Waals surface area contributed by atoms with Gasteiger partial charge in [0.2, 0.25) is 0 Å². The zero-order valence-corrected chi connectivity index (χ0v) is 13.3. The van der Waals surface area contributed by atoms with Crippen molar-refractivity contribution in [2.75, 3.05) is 0 Å². The van der Waals surface area contributed by atoms with E-state index in [1.54, 1.807) is 11.8 Å². The average Bonchev–Trinajstić information content (AvgIpc) is 2.32. The van der Waals surface area contributed by atoms with Gasteiger partial charge in [-0.15, -0.1) is 0 Å². The Kier molecular flexibility index (Phi) is 4.18. The smallest absolute Gasteiger partial charge is 0.0176 e. The number of rotatable bonds is 2. The van der Waals surface area contributed by atoms with E-state index in [0.29, 0.717) is 0 Å². The normalized spacial score (nSPS) is 11.6. The van der Waals surface area contributed by atoms with Gasteiger partial charge < -0.3 is 0 Å². The minimum absolute atomic E-state index is 0.223. The molecular formula is C16H17BrS. The molecule has 0 unspecified atom stereocenters. The molecule has 0 saturated heterocycles. The topological polar surface area (TPSA) is 0 Å². The molecule has 2 aromatic rings. The lowest BCUT2D eigenvalue weighted by molar-refractivity contribution is 0.590. The Bertz CT molecular complexity index is 506. The number of hydrogen-bond acceptors (Lipinski definition) is 1. The van der Waals surface area contributed by atoms with Crippen molar-refractivity contribution in [2.45, 2.75) is 36.0 Å². The van der Waals surface area contributed by atoms with E-state index in [1.165, 1.54) is 15.4 Å². The highest BCUT2D eigenvalue weighted by atomic mass is 79.9. The summed E-state index contributed by atoms with van der Waals surface area (Å²) in [6.45, 7) is 6.72.